The molecule has 1 aromatic rings. The van der Waals surface area contributed by atoms with Gasteiger partial charge in [-0.05, 0) is 51.9 Å². The largest absolute Gasteiger partial charge is 0.489 e. The van der Waals surface area contributed by atoms with Gasteiger partial charge < -0.3 is 15.0 Å². The first kappa shape index (κ1) is 13.9. The van der Waals surface area contributed by atoms with Crippen LogP contribution in [0.3, 0.4) is 0 Å². The SMILES string of the molecule is CN1CCCC(Oc2ccccc2C2CCCCN2)C1. The van der Waals surface area contributed by atoms with Gasteiger partial charge in [0.1, 0.15) is 11.9 Å². The number of nitrogens with one attached hydrogen (secondary N) is 1. The van der Waals surface area contributed by atoms with Crippen molar-refractivity contribution in [3.8, 4) is 5.75 Å². The summed E-state index contributed by atoms with van der Waals surface area (Å²) in [4.78, 5) is 2.37. The summed E-state index contributed by atoms with van der Waals surface area (Å²) in [6.07, 6.45) is 6.61. The minimum absolute atomic E-state index is 0.346. The quantitative estimate of drug-likeness (QED) is 0.917. The third-order valence-corrected chi connectivity index (χ3v) is 4.48. The molecule has 2 saturated heterocycles. The second kappa shape index (κ2) is 6.59. The zero-order valence-electron chi connectivity index (χ0n) is 12.5. The number of nitrogens with zero attached hydrogens (tertiary/aromatic N) is 1. The van der Waals surface area contributed by atoms with Crippen LogP contribution in [-0.4, -0.2) is 37.7 Å². The fourth-order valence-corrected chi connectivity index (χ4v) is 3.39. The number of benzene rings is 1. The van der Waals surface area contributed by atoms with E-state index in [1.54, 1.807) is 0 Å². The summed E-state index contributed by atoms with van der Waals surface area (Å²) in [5.74, 6) is 1.09. The van der Waals surface area contributed by atoms with Crippen molar-refractivity contribution in [2.24, 2.45) is 0 Å². The van der Waals surface area contributed by atoms with E-state index in [2.05, 4.69) is 41.5 Å². The molecule has 2 aliphatic rings. The molecule has 3 heteroatoms. The van der Waals surface area contributed by atoms with Gasteiger partial charge in [-0.1, -0.05) is 24.6 Å². The van der Waals surface area contributed by atoms with Gasteiger partial charge in [-0.3, -0.25) is 0 Å². The van der Waals surface area contributed by atoms with E-state index in [-0.39, 0.29) is 0 Å². The predicted octanol–water partition coefficient (Wildman–Crippen LogP) is 2.97. The zero-order chi connectivity index (χ0) is 13.8. The van der Waals surface area contributed by atoms with Gasteiger partial charge in [0.05, 0.1) is 0 Å². The lowest BCUT2D eigenvalue weighted by molar-refractivity contribution is 0.102. The van der Waals surface area contributed by atoms with Crippen LogP contribution in [0.25, 0.3) is 0 Å². The highest BCUT2D eigenvalue weighted by Gasteiger charge is 2.22. The van der Waals surface area contributed by atoms with Crippen molar-refractivity contribution >= 4 is 0 Å². The second-order valence-electron chi connectivity index (χ2n) is 6.18. The van der Waals surface area contributed by atoms with E-state index in [4.69, 9.17) is 4.74 Å². The Bertz CT molecular complexity index is 429. The van der Waals surface area contributed by atoms with E-state index in [1.165, 1.54) is 44.2 Å². The van der Waals surface area contributed by atoms with Crippen molar-refractivity contribution in [3.63, 3.8) is 0 Å². The lowest BCUT2D eigenvalue weighted by atomic mass is 9.96. The molecular weight excluding hydrogens is 248 g/mol. The molecule has 2 unspecified atom stereocenters. The number of likely N-dealkylation sites (N-methyl/N-ethyl adjacent to an activating group) is 1. The van der Waals surface area contributed by atoms with E-state index in [1.807, 2.05) is 0 Å². The highest BCUT2D eigenvalue weighted by Crippen LogP contribution is 2.31. The monoisotopic (exact) mass is 274 g/mol. The Morgan fingerprint density at radius 3 is 2.85 bits per heavy atom. The molecule has 3 nitrogen and oxygen atoms in total. The van der Waals surface area contributed by atoms with E-state index < -0.39 is 0 Å². The molecule has 0 aliphatic carbocycles. The Morgan fingerprint density at radius 2 is 2.05 bits per heavy atom. The van der Waals surface area contributed by atoms with Gasteiger partial charge in [-0.15, -0.1) is 0 Å². The van der Waals surface area contributed by atoms with Gasteiger partial charge >= 0.3 is 0 Å². The maximum Gasteiger partial charge on any atom is 0.124 e. The molecule has 2 atom stereocenters. The van der Waals surface area contributed by atoms with Crippen molar-refractivity contribution in [1.29, 1.82) is 0 Å². The Kier molecular flexibility index (Phi) is 4.58. The van der Waals surface area contributed by atoms with Crippen LogP contribution in [0.2, 0.25) is 0 Å². The summed E-state index contributed by atoms with van der Waals surface area (Å²) in [5, 5.41) is 3.63. The van der Waals surface area contributed by atoms with Gasteiger partial charge in [0, 0.05) is 18.2 Å². The van der Waals surface area contributed by atoms with Crippen molar-refractivity contribution in [3.05, 3.63) is 29.8 Å². The normalized spacial score (nSPS) is 28.2. The van der Waals surface area contributed by atoms with Gasteiger partial charge in [0.15, 0.2) is 0 Å². The molecule has 0 amide bonds. The molecule has 1 N–H and O–H groups in total. The van der Waals surface area contributed by atoms with E-state index in [9.17, 15) is 0 Å². The first-order valence-electron chi connectivity index (χ1n) is 8.00. The number of piperidine rings is 2. The zero-order valence-corrected chi connectivity index (χ0v) is 12.5. The molecule has 2 fully saturated rings. The molecule has 2 heterocycles. The van der Waals surface area contributed by atoms with Crippen molar-refractivity contribution in [1.82, 2.24) is 10.2 Å². The Hall–Kier alpha value is -1.06. The van der Waals surface area contributed by atoms with E-state index in [0.29, 0.717) is 12.1 Å². The summed E-state index contributed by atoms with van der Waals surface area (Å²) in [7, 11) is 2.18. The van der Waals surface area contributed by atoms with Crippen LogP contribution in [0.1, 0.15) is 43.7 Å². The average molecular weight is 274 g/mol. The second-order valence-corrected chi connectivity index (χ2v) is 6.18. The maximum absolute atomic E-state index is 6.33. The predicted molar refractivity (Wildman–Crippen MR) is 82.2 cm³/mol. The molecule has 0 radical (unpaired) electrons. The summed E-state index contributed by atoms with van der Waals surface area (Å²) in [6.45, 7) is 3.38. The molecule has 110 valence electrons. The van der Waals surface area contributed by atoms with E-state index >= 15 is 0 Å². The molecular formula is C17H26N2O. The Labute approximate surface area is 122 Å². The number of para-hydroxylation sites is 1. The third kappa shape index (κ3) is 3.33. The van der Waals surface area contributed by atoms with Crippen LogP contribution in [0.15, 0.2) is 24.3 Å². The number of likely N-dealkylation sites (tertiary alicyclic amines) is 1. The van der Waals surface area contributed by atoms with Crippen molar-refractivity contribution in [2.75, 3.05) is 26.7 Å². The topological polar surface area (TPSA) is 24.5 Å². The minimum atomic E-state index is 0.346. The highest BCUT2D eigenvalue weighted by atomic mass is 16.5. The van der Waals surface area contributed by atoms with Crippen LogP contribution < -0.4 is 10.1 Å². The molecule has 2 aliphatic heterocycles. The first-order chi connectivity index (χ1) is 9.83. The van der Waals surface area contributed by atoms with Gasteiger partial charge in [-0.25, -0.2) is 0 Å². The molecule has 0 bridgehead atoms. The van der Waals surface area contributed by atoms with E-state index in [0.717, 1.165) is 18.8 Å². The number of rotatable bonds is 3. The molecule has 0 aromatic heterocycles. The minimum Gasteiger partial charge on any atom is -0.489 e. The average Bonchev–Trinajstić information content (AvgIpc) is 2.49. The summed E-state index contributed by atoms with van der Waals surface area (Å²) in [5.41, 5.74) is 1.35. The molecule has 0 saturated carbocycles. The maximum atomic E-state index is 6.33. The first-order valence-corrected chi connectivity index (χ1v) is 8.00. The lowest BCUT2D eigenvalue weighted by Gasteiger charge is -2.32. The molecule has 1 aromatic carbocycles. The number of hydrogen-bond acceptors (Lipinski definition) is 3. The summed E-state index contributed by atoms with van der Waals surface area (Å²) >= 11 is 0. The number of ether oxygens (including phenoxy) is 1. The van der Waals surface area contributed by atoms with Crippen LogP contribution in [0.4, 0.5) is 0 Å². The Morgan fingerprint density at radius 1 is 1.15 bits per heavy atom. The third-order valence-electron chi connectivity index (χ3n) is 4.48. The summed E-state index contributed by atoms with van der Waals surface area (Å²) in [6, 6.07) is 9.06. The molecule has 0 spiro atoms. The fourth-order valence-electron chi connectivity index (χ4n) is 3.39. The van der Waals surface area contributed by atoms with Crippen LogP contribution >= 0.6 is 0 Å². The standard InChI is InChI=1S/C17H26N2O/c1-19-12-6-7-14(13-19)20-17-10-3-2-8-15(17)16-9-4-5-11-18-16/h2-3,8,10,14,16,18H,4-7,9,11-13H2,1H3. The summed E-state index contributed by atoms with van der Waals surface area (Å²) < 4.78 is 6.33. The van der Waals surface area contributed by atoms with Crippen LogP contribution in [0.5, 0.6) is 5.75 Å². The molecule has 3 rings (SSSR count). The Balaban J connectivity index is 1.71. The van der Waals surface area contributed by atoms with Crippen LogP contribution in [0, 0.1) is 0 Å². The molecule has 20 heavy (non-hydrogen) atoms. The van der Waals surface area contributed by atoms with Gasteiger partial charge in [-0.2, -0.15) is 0 Å². The highest BCUT2D eigenvalue weighted by molar-refractivity contribution is 5.36. The fraction of sp³-hybridized carbons (Fsp3) is 0.647. The van der Waals surface area contributed by atoms with Gasteiger partial charge in [0.2, 0.25) is 0 Å². The lowest BCUT2D eigenvalue weighted by Crippen LogP contribution is -2.39. The van der Waals surface area contributed by atoms with Gasteiger partial charge in [0.25, 0.3) is 0 Å². The van der Waals surface area contributed by atoms with Crippen molar-refractivity contribution in [2.45, 2.75) is 44.2 Å². The number of hydrogen-bond donors (Lipinski definition) is 1. The smallest absolute Gasteiger partial charge is 0.124 e. The van der Waals surface area contributed by atoms with Crippen LogP contribution in [-0.2, 0) is 0 Å². The van der Waals surface area contributed by atoms with Crippen molar-refractivity contribution < 1.29 is 4.74 Å².